The van der Waals surface area contributed by atoms with Crippen LogP contribution in [-0.4, -0.2) is 15.0 Å². The summed E-state index contributed by atoms with van der Waals surface area (Å²) in [4.78, 5) is 12.0. The number of hydrogen-bond acceptors (Lipinski definition) is 3. The van der Waals surface area contributed by atoms with Crippen LogP contribution in [0, 0.1) is 110 Å². The summed E-state index contributed by atoms with van der Waals surface area (Å²) in [7, 11) is 0. The van der Waals surface area contributed by atoms with Gasteiger partial charge in [0.25, 0.3) is 0 Å². The Hall–Kier alpha value is 3.19. The van der Waals surface area contributed by atoms with Crippen LogP contribution in [0.5, 0.6) is 0 Å². The minimum Gasteiger partial charge on any atom is -0.358 e. The van der Waals surface area contributed by atoms with E-state index in [0.717, 1.165) is 41.0 Å². The van der Waals surface area contributed by atoms with Gasteiger partial charge in [-0.05, 0) is 124 Å². The van der Waals surface area contributed by atoms with Crippen LogP contribution in [0.15, 0.2) is 225 Å². The van der Waals surface area contributed by atoms with E-state index in [1.165, 1.54) is 52.6 Å². The molecule has 3 nitrogen and oxygen atoms in total. The molecule has 0 unspecified atom stereocenters. The number of para-hydroxylation sites is 1. The van der Waals surface area contributed by atoms with Crippen molar-refractivity contribution in [2.75, 3.05) is 0 Å². The Kier molecular flexibility index (Phi) is 238. The van der Waals surface area contributed by atoms with Gasteiger partial charge in [0.15, 0.2) is 0 Å². The van der Waals surface area contributed by atoms with Crippen LogP contribution in [0.25, 0.3) is 32.4 Å². The van der Waals surface area contributed by atoms with Crippen LogP contribution in [0.2, 0.25) is 0 Å². The molecule has 0 radical (unpaired) electrons. The van der Waals surface area contributed by atoms with Gasteiger partial charge in [-0.1, -0.05) is 288 Å². The molecule has 1 aliphatic carbocycles. The maximum atomic E-state index is 4.18. The van der Waals surface area contributed by atoms with Gasteiger partial charge in [0, 0.05) is 331 Å². The number of hydrogen-bond donors (Lipinski definition) is 0. The quantitative estimate of drug-likeness (QED) is 0.142. The average Bonchev–Trinajstić information content (AvgIpc) is 3.40. The molecule has 10 rings (SSSR count). The van der Waals surface area contributed by atoms with E-state index in [9.17, 15) is 0 Å². The third-order valence-corrected chi connectivity index (χ3v) is 8.21. The normalized spacial score (nSPS) is 7.76. The number of fused-ring (bicyclic) bond motifs is 4. The molecule has 0 saturated carbocycles. The van der Waals surface area contributed by atoms with E-state index in [1.54, 1.807) is 23.5 Å². The Balaban J connectivity index is -0.0000000248. The molecule has 0 N–H and O–H groups in total. The van der Waals surface area contributed by atoms with Gasteiger partial charge in [0.05, 0.1) is 5.52 Å². The van der Waals surface area contributed by atoms with E-state index in [0.29, 0.717) is 0 Å². The molecule has 0 aliphatic heterocycles. The molecule has 100 heavy (non-hydrogen) atoms. The summed E-state index contributed by atoms with van der Waals surface area (Å²) in [6, 6.07) is 65.5. The Morgan fingerprint density at radius 3 is 0.670 bits per heavy atom. The molecule has 6 aromatic carbocycles. The number of aryl methyl sites for hydroxylation is 2. The Labute approximate surface area is 826 Å². The molecule has 3 aromatic heterocycles. The van der Waals surface area contributed by atoms with Crippen LogP contribution in [-0.2, 0) is 308 Å². The number of aromatic nitrogens is 3. The van der Waals surface area contributed by atoms with Crippen LogP contribution < -0.4 is 0 Å². The zero-order valence-electron chi connectivity index (χ0n) is 66.7. The van der Waals surface area contributed by atoms with Gasteiger partial charge in [0.1, 0.15) is 0 Å². The third kappa shape index (κ3) is 134. The van der Waals surface area contributed by atoms with E-state index < -0.39 is 0 Å². The standard InChI is InChI=1S/C10H12.C10H8.2C9H7N.C6H6.C5H5N.6C4H10.10CH3.14W/c2*1-2-6-10-8-4-3-7-9(10)5-1;1-2-6-9-8(4-1)5-3-7-10-9;1-2-4-9-7-10-6-5-8(9)3-1;2*1-2-4-6-5-3-1;6*1-4(2)3;;;;;;;;;;;;;;;;;;;;;;;;/h1-2,5-6H,3-4,7-8H2;1-8H;2*1-7H;1-6H;1-5H;6*4H,1-3H3;10*1H3;;;;;;;;;;;;;;/q;;;;;;;;;;;;10*-1;;;;;;;;;;;;;;. The molecule has 0 amide bonds. The van der Waals surface area contributed by atoms with Crippen molar-refractivity contribution in [3.05, 3.63) is 311 Å². The van der Waals surface area contributed by atoms with Crippen molar-refractivity contribution < 1.29 is 295 Å². The summed E-state index contributed by atoms with van der Waals surface area (Å²) in [5.41, 5.74) is 4.22. The zero-order valence-corrected chi connectivity index (χ0v) is 108. The fraction of sp³-hybridized carbons (Fsp3) is 0.337. The smallest absolute Gasteiger partial charge is 0.0701 e. The summed E-state index contributed by atoms with van der Waals surface area (Å²) < 4.78 is 0. The summed E-state index contributed by atoms with van der Waals surface area (Å²) in [6.07, 6.45) is 14.4. The monoisotopic (exact) mass is 3750 g/mol. The van der Waals surface area contributed by atoms with Crippen LogP contribution in [0.1, 0.15) is 149 Å². The first-order chi connectivity index (χ1) is 36.3. The van der Waals surface area contributed by atoms with Crippen molar-refractivity contribution >= 4 is 32.4 Å². The van der Waals surface area contributed by atoms with Crippen LogP contribution in [0.3, 0.4) is 0 Å². The molecule has 0 saturated heterocycles. The molecular formula is C83H135N3W14-10. The van der Waals surface area contributed by atoms with E-state index >= 15 is 0 Å². The van der Waals surface area contributed by atoms with Gasteiger partial charge in [-0.3, -0.25) is 15.0 Å². The summed E-state index contributed by atoms with van der Waals surface area (Å²) >= 11 is 0. The third-order valence-electron chi connectivity index (χ3n) is 8.21. The van der Waals surface area contributed by atoms with Gasteiger partial charge in [-0.2, -0.15) is 0 Å². The van der Waals surface area contributed by atoms with Gasteiger partial charge in [-0.15, -0.1) is 0 Å². The molecule has 0 fully saturated rings. The first kappa shape index (κ1) is 181. The molecular weight excluding hydrogens is 3610 g/mol. The second-order valence-corrected chi connectivity index (χ2v) is 22.3. The summed E-state index contributed by atoms with van der Waals surface area (Å²) in [5.74, 6) is 5.00. The molecule has 1 aliphatic rings. The SMILES string of the molecule is CC(C)C.CC(C)C.CC(C)C.CC(C)C.CC(C)C.CC(C)C.[CH3-].[CH3-].[CH3-].[CH3-].[CH3-].[CH3-].[CH3-].[CH3-].[CH3-].[CH3-].[W].[W].[W].[W].[W].[W].[W].[W].[W].[W].[W].[W].[W].[W].c1ccc2c(c1)CCCC2.c1ccc2ccccc2c1.c1ccc2cnccc2c1.c1ccc2ncccc2c1.c1ccccc1.c1ccncc1. The second-order valence-electron chi connectivity index (χ2n) is 22.3. The maximum absolute atomic E-state index is 4.18. The number of benzene rings is 6. The number of rotatable bonds is 0. The summed E-state index contributed by atoms with van der Waals surface area (Å²) in [5, 5.41) is 6.27. The second kappa shape index (κ2) is 132. The molecule has 0 spiro atoms. The minimum absolute atomic E-state index is 0. The van der Waals surface area contributed by atoms with Crippen molar-refractivity contribution in [1.82, 2.24) is 15.0 Å². The Morgan fingerprint density at radius 2 is 0.430 bits per heavy atom. The first-order valence-corrected chi connectivity index (χ1v) is 28.2. The van der Waals surface area contributed by atoms with Crippen LogP contribution in [0.4, 0.5) is 0 Å². The van der Waals surface area contributed by atoms with Gasteiger partial charge in [0.2, 0.25) is 0 Å². The van der Waals surface area contributed by atoms with Gasteiger partial charge < -0.3 is 74.3 Å². The predicted molar refractivity (Wildman–Crippen MR) is 408 cm³/mol. The van der Waals surface area contributed by atoms with Crippen molar-refractivity contribution in [3.8, 4) is 0 Å². The summed E-state index contributed by atoms with van der Waals surface area (Å²) in [6.45, 7) is 39.0. The Morgan fingerprint density at radius 1 is 0.210 bits per heavy atom. The van der Waals surface area contributed by atoms with Crippen LogP contribution >= 0.6 is 0 Å². The van der Waals surface area contributed by atoms with Crippen molar-refractivity contribution in [2.24, 2.45) is 35.5 Å². The van der Waals surface area contributed by atoms with E-state index in [4.69, 9.17) is 0 Å². The molecule has 576 valence electrons. The van der Waals surface area contributed by atoms with Gasteiger partial charge >= 0.3 is 0 Å². The Bertz CT molecular complexity index is 2100. The molecule has 9 aromatic rings. The van der Waals surface area contributed by atoms with Crippen molar-refractivity contribution in [2.45, 2.75) is 150 Å². The average molecular weight is 3750 g/mol. The van der Waals surface area contributed by atoms with Gasteiger partial charge in [-0.25, -0.2) is 0 Å². The minimum atomic E-state index is 0. The first-order valence-electron chi connectivity index (χ1n) is 28.2. The van der Waals surface area contributed by atoms with E-state index in [2.05, 4.69) is 237 Å². The fourth-order valence-corrected chi connectivity index (χ4v) is 5.55. The molecule has 0 bridgehead atoms. The zero-order chi connectivity index (χ0) is 57.2. The maximum Gasteiger partial charge on any atom is 0.0701 e. The van der Waals surface area contributed by atoms with E-state index in [1.807, 2.05) is 116 Å². The molecule has 3 heterocycles. The predicted octanol–water partition coefficient (Wildman–Crippen LogP) is 27.1. The largest absolute Gasteiger partial charge is 0.358 e. The molecule has 0 atom stereocenters. The van der Waals surface area contributed by atoms with E-state index in [-0.39, 0.29) is 369 Å². The van der Waals surface area contributed by atoms with Crippen molar-refractivity contribution in [3.63, 3.8) is 0 Å². The number of nitrogens with zero attached hydrogens (tertiary/aromatic N) is 3. The molecule has 17 heteroatoms. The van der Waals surface area contributed by atoms with Crippen molar-refractivity contribution in [1.29, 1.82) is 0 Å². The topological polar surface area (TPSA) is 38.7 Å². The fourth-order valence-electron chi connectivity index (χ4n) is 5.55. The number of pyridine rings is 3.